The lowest BCUT2D eigenvalue weighted by molar-refractivity contribution is -0.135. The summed E-state index contributed by atoms with van der Waals surface area (Å²) in [7, 11) is 0. The number of nitrogens with zero attached hydrogens (tertiary/aromatic N) is 1. The summed E-state index contributed by atoms with van der Waals surface area (Å²) in [4.78, 5) is 11.6. The number of oxime groups is 1. The number of hydrogen-bond acceptors (Lipinski definition) is 5. The van der Waals surface area contributed by atoms with E-state index in [-0.39, 0.29) is 17.6 Å². The number of thioether (sulfide) groups is 1. The molecule has 0 amide bonds. The number of rotatable bonds is 7. The first kappa shape index (κ1) is 15.6. The summed E-state index contributed by atoms with van der Waals surface area (Å²) in [6.45, 7) is 4.05. The van der Waals surface area contributed by atoms with Crippen molar-refractivity contribution in [3.8, 4) is 0 Å². The van der Waals surface area contributed by atoms with E-state index in [4.69, 9.17) is 9.94 Å². The van der Waals surface area contributed by atoms with Gasteiger partial charge in [0.05, 0.1) is 6.61 Å². The molecule has 5 heteroatoms. The molecule has 0 heterocycles. The molecule has 0 saturated heterocycles. The van der Waals surface area contributed by atoms with Crippen molar-refractivity contribution < 1.29 is 14.7 Å². The first-order valence-electron chi connectivity index (χ1n) is 6.27. The van der Waals surface area contributed by atoms with Gasteiger partial charge in [0.25, 0.3) is 0 Å². The Morgan fingerprint density at radius 2 is 2.05 bits per heavy atom. The third-order valence-electron chi connectivity index (χ3n) is 2.55. The fourth-order valence-corrected chi connectivity index (χ4v) is 2.72. The minimum absolute atomic E-state index is 0.0663. The van der Waals surface area contributed by atoms with Crippen LogP contribution in [0.4, 0.5) is 0 Å². The van der Waals surface area contributed by atoms with E-state index >= 15 is 0 Å². The maximum absolute atomic E-state index is 11.6. The van der Waals surface area contributed by atoms with Gasteiger partial charge in [-0.25, -0.2) is 4.79 Å². The van der Waals surface area contributed by atoms with Crippen LogP contribution in [0, 0.1) is 0 Å². The second-order valence-electron chi connectivity index (χ2n) is 3.83. The van der Waals surface area contributed by atoms with Crippen molar-refractivity contribution in [1.82, 2.24) is 0 Å². The molecule has 1 atom stereocenters. The fourth-order valence-electron chi connectivity index (χ4n) is 1.70. The molecule has 1 unspecified atom stereocenters. The van der Waals surface area contributed by atoms with E-state index in [9.17, 15) is 4.79 Å². The average molecular weight is 281 g/mol. The Hall–Kier alpha value is -1.49. The highest BCUT2D eigenvalue weighted by molar-refractivity contribution is 7.99. The Morgan fingerprint density at radius 3 is 2.58 bits per heavy atom. The van der Waals surface area contributed by atoms with E-state index in [1.54, 1.807) is 18.7 Å². The van der Waals surface area contributed by atoms with Crippen LogP contribution in [0.25, 0.3) is 0 Å². The van der Waals surface area contributed by atoms with Crippen LogP contribution in [0.5, 0.6) is 0 Å². The summed E-state index contributed by atoms with van der Waals surface area (Å²) >= 11 is 1.71. The van der Waals surface area contributed by atoms with Gasteiger partial charge in [-0.15, -0.1) is 0 Å². The lowest BCUT2D eigenvalue weighted by atomic mass is 10.1. The van der Waals surface area contributed by atoms with Crippen LogP contribution in [0.15, 0.2) is 35.5 Å². The predicted molar refractivity (Wildman–Crippen MR) is 77.8 cm³/mol. The van der Waals surface area contributed by atoms with Gasteiger partial charge in [-0.3, -0.25) is 0 Å². The second-order valence-corrected chi connectivity index (χ2v) is 5.31. The van der Waals surface area contributed by atoms with Gasteiger partial charge in [0, 0.05) is 11.7 Å². The molecule has 104 valence electrons. The first-order valence-corrected chi connectivity index (χ1v) is 7.32. The van der Waals surface area contributed by atoms with Gasteiger partial charge in [0.2, 0.25) is 0 Å². The Bertz CT molecular complexity index is 420. The summed E-state index contributed by atoms with van der Waals surface area (Å²) < 4.78 is 4.87. The maximum Gasteiger partial charge on any atom is 0.356 e. The van der Waals surface area contributed by atoms with E-state index in [1.807, 2.05) is 30.3 Å². The molecule has 0 radical (unpaired) electrons. The van der Waals surface area contributed by atoms with Gasteiger partial charge >= 0.3 is 5.97 Å². The van der Waals surface area contributed by atoms with Crippen molar-refractivity contribution >= 4 is 23.4 Å². The fraction of sp³-hybridized carbons (Fsp3) is 0.429. The van der Waals surface area contributed by atoms with Crippen LogP contribution >= 0.6 is 11.8 Å². The molecule has 0 fully saturated rings. The van der Waals surface area contributed by atoms with Crippen molar-refractivity contribution in [3.05, 3.63) is 35.9 Å². The van der Waals surface area contributed by atoms with Gasteiger partial charge in [0.1, 0.15) is 0 Å². The number of carbonyl (C=O) groups excluding carboxylic acids is 1. The van der Waals surface area contributed by atoms with Gasteiger partial charge < -0.3 is 9.94 Å². The average Bonchev–Trinajstić information content (AvgIpc) is 2.44. The molecule has 0 aliphatic carbocycles. The third-order valence-corrected chi connectivity index (χ3v) is 3.72. The number of benzene rings is 1. The van der Waals surface area contributed by atoms with Crippen LogP contribution in [0.3, 0.4) is 0 Å². The largest absolute Gasteiger partial charge is 0.461 e. The van der Waals surface area contributed by atoms with Gasteiger partial charge in [-0.2, -0.15) is 11.8 Å². The molecule has 0 aromatic heterocycles. The Morgan fingerprint density at radius 1 is 1.37 bits per heavy atom. The standard InChI is InChI=1S/C14H19NO3S/c1-3-18-14(16)12(15-17)10-13(19-4-2)11-8-6-5-7-9-11/h5-9,13,17H,3-4,10H2,1-2H3/b15-12-. The minimum atomic E-state index is -0.553. The molecule has 1 N–H and O–H groups in total. The number of esters is 1. The second kappa shape index (κ2) is 8.58. The molecule has 19 heavy (non-hydrogen) atoms. The SMILES string of the molecule is CCOC(=O)/C(CC(SCC)c1ccccc1)=N\O. The summed E-state index contributed by atoms with van der Waals surface area (Å²) in [5.41, 5.74) is 1.18. The highest BCUT2D eigenvalue weighted by Crippen LogP contribution is 2.32. The lowest BCUT2D eigenvalue weighted by Gasteiger charge is -2.16. The highest BCUT2D eigenvalue weighted by atomic mass is 32.2. The summed E-state index contributed by atoms with van der Waals surface area (Å²) in [5.74, 6) is 0.365. The Labute approximate surface area is 117 Å². The van der Waals surface area contributed by atoms with Gasteiger partial charge in [0.15, 0.2) is 5.71 Å². The Kier molecular flexibility index (Phi) is 7.03. The zero-order chi connectivity index (χ0) is 14.1. The molecular weight excluding hydrogens is 262 g/mol. The summed E-state index contributed by atoms with van der Waals surface area (Å²) in [6, 6.07) is 9.88. The highest BCUT2D eigenvalue weighted by Gasteiger charge is 2.21. The summed E-state index contributed by atoms with van der Waals surface area (Å²) in [5, 5.41) is 12.1. The van der Waals surface area contributed by atoms with Crippen LogP contribution in [0.1, 0.15) is 31.1 Å². The summed E-state index contributed by atoms with van der Waals surface area (Å²) in [6.07, 6.45) is 0.359. The van der Waals surface area contributed by atoms with Crippen molar-refractivity contribution in [3.63, 3.8) is 0 Å². The zero-order valence-electron chi connectivity index (χ0n) is 11.2. The molecule has 0 spiro atoms. The molecule has 0 saturated carbocycles. The molecule has 1 aromatic rings. The van der Waals surface area contributed by atoms with E-state index in [0.29, 0.717) is 6.42 Å². The van der Waals surface area contributed by atoms with E-state index in [2.05, 4.69) is 12.1 Å². The van der Waals surface area contributed by atoms with Crippen LogP contribution < -0.4 is 0 Å². The third kappa shape index (κ3) is 4.95. The van der Waals surface area contributed by atoms with Crippen molar-refractivity contribution in [1.29, 1.82) is 0 Å². The monoisotopic (exact) mass is 281 g/mol. The first-order chi connectivity index (χ1) is 9.22. The molecule has 1 rings (SSSR count). The predicted octanol–water partition coefficient (Wildman–Crippen LogP) is 3.26. The minimum Gasteiger partial charge on any atom is -0.461 e. The van der Waals surface area contributed by atoms with Crippen LogP contribution in [-0.2, 0) is 9.53 Å². The molecule has 0 aliphatic rings. The van der Waals surface area contributed by atoms with E-state index in [0.717, 1.165) is 11.3 Å². The lowest BCUT2D eigenvalue weighted by Crippen LogP contribution is -2.19. The molecule has 1 aromatic carbocycles. The molecule has 0 bridgehead atoms. The normalized spacial score (nSPS) is 13.1. The maximum atomic E-state index is 11.6. The van der Waals surface area contributed by atoms with Gasteiger partial charge in [-0.05, 0) is 18.2 Å². The van der Waals surface area contributed by atoms with Gasteiger partial charge in [-0.1, -0.05) is 42.4 Å². The zero-order valence-corrected chi connectivity index (χ0v) is 12.0. The molecule has 4 nitrogen and oxygen atoms in total. The molecule has 0 aliphatic heterocycles. The van der Waals surface area contributed by atoms with E-state index < -0.39 is 5.97 Å². The number of ether oxygens (including phenoxy) is 1. The smallest absolute Gasteiger partial charge is 0.356 e. The molecular formula is C14H19NO3S. The van der Waals surface area contributed by atoms with Crippen molar-refractivity contribution in [2.24, 2.45) is 5.16 Å². The van der Waals surface area contributed by atoms with Crippen molar-refractivity contribution in [2.75, 3.05) is 12.4 Å². The number of carbonyl (C=O) groups is 1. The Balaban J connectivity index is 2.81. The number of hydrogen-bond donors (Lipinski definition) is 1. The topological polar surface area (TPSA) is 58.9 Å². The quantitative estimate of drug-likeness (QED) is 0.361. The van der Waals surface area contributed by atoms with Crippen LogP contribution in [-0.4, -0.2) is 29.2 Å². The van der Waals surface area contributed by atoms with Crippen molar-refractivity contribution in [2.45, 2.75) is 25.5 Å². The van der Waals surface area contributed by atoms with Crippen LogP contribution in [0.2, 0.25) is 0 Å². The van der Waals surface area contributed by atoms with E-state index in [1.165, 1.54) is 0 Å².